The first-order chi connectivity index (χ1) is 14.6. The quantitative estimate of drug-likeness (QED) is 0.711. The largest absolute Gasteiger partial charge is 0.359 e. The van der Waals surface area contributed by atoms with Crippen molar-refractivity contribution in [2.24, 2.45) is 5.92 Å². The number of carbonyl (C=O) groups is 2. The SMILES string of the molecule is CN(Cc1ccc2ccccc2n1)C(=O)c1cnc2c(c1)N(CC1CC1)C(=O)CN2. The van der Waals surface area contributed by atoms with Gasteiger partial charge in [0.2, 0.25) is 5.91 Å². The molecule has 7 nitrogen and oxygen atoms in total. The summed E-state index contributed by atoms with van der Waals surface area (Å²) in [6, 6.07) is 13.7. The van der Waals surface area contributed by atoms with Crippen LogP contribution in [0.25, 0.3) is 10.9 Å². The van der Waals surface area contributed by atoms with Crippen LogP contribution in [0, 0.1) is 5.92 Å². The summed E-state index contributed by atoms with van der Waals surface area (Å²) in [5, 5.41) is 4.12. The predicted octanol–water partition coefficient (Wildman–Crippen LogP) is 3.07. The van der Waals surface area contributed by atoms with E-state index in [0.717, 1.165) is 29.4 Å². The molecule has 0 bridgehead atoms. The average molecular weight is 401 g/mol. The molecule has 1 fully saturated rings. The highest BCUT2D eigenvalue weighted by Crippen LogP contribution is 2.35. The average Bonchev–Trinajstić information content (AvgIpc) is 3.59. The van der Waals surface area contributed by atoms with Gasteiger partial charge in [-0.2, -0.15) is 0 Å². The van der Waals surface area contributed by atoms with E-state index in [1.165, 1.54) is 0 Å². The Labute approximate surface area is 174 Å². The molecule has 1 N–H and O–H groups in total. The fourth-order valence-electron chi connectivity index (χ4n) is 3.79. The minimum absolute atomic E-state index is 0.0227. The molecule has 2 amide bonds. The maximum absolute atomic E-state index is 13.1. The van der Waals surface area contributed by atoms with Crippen molar-refractivity contribution in [3.8, 4) is 0 Å². The molecule has 0 unspecified atom stereocenters. The molecule has 3 heterocycles. The van der Waals surface area contributed by atoms with Crippen molar-refractivity contribution >= 4 is 34.2 Å². The summed E-state index contributed by atoms with van der Waals surface area (Å²) in [7, 11) is 1.75. The van der Waals surface area contributed by atoms with Crippen molar-refractivity contribution in [2.45, 2.75) is 19.4 Å². The zero-order valence-electron chi connectivity index (χ0n) is 16.8. The fraction of sp³-hybridized carbons (Fsp3) is 0.304. The fourth-order valence-corrected chi connectivity index (χ4v) is 3.79. The third-order valence-corrected chi connectivity index (χ3v) is 5.65. The molecule has 1 saturated carbocycles. The zero-order chi connectivity index (χ0) is 20.7. The number of nitrogens with zero attached hydrogens (tertiary/aromatic N) is 4. The third kappa shape index (κ3) is 3.58. The molecular weight excluding hydrogens is 378 g/mol. The summed E-state index contributed by atoms with van der Waals surface area (Å²) in [6.07, 6.45) is 3.88. The number of benzene rings is 1. The van der Waals surface area contributed by atoms with Crippen LogP contribution in [-0.2, 0) is 11.3 Å². The Morgan fingerprint density at radius 1 is 1.23 bits per heavy atom. The van der Waals surface area contributed by atoms with E-state index < -0.39 is 0 Å². The van der Waals surface area contributed by atoms with Gasteiger partial charge in [0.25, 0.3) is 5.91 Å². The van der Waals surface area contributed by atoms with Crippen LogP contribution in [0.4, 0.5) is 11.5 Å². The monoisotopic (exact) mass is 401 g/mol. The van der Waals surface area contributed by atoms with E-state index >= 15 is 0 Å². The number of fused-ring (bicyclic) bond motifs is 2. The molecule has 1 aliphatic carbocycles. The molecule has 3 aromatic rings. The van der Waals surface area contributed by atoms with Crippen LogP contribution in [-0.4, -0.2) is 46.8 Å². The van der Waals surface area contributed by atoms with Crippen LogP contribution in [0.1, 0.15) is 28.9 Å². The lowest BCUT2D eigenvalue weighted by Crippen LogP contribution is -2.41. The van der Waals surface area contributed by atoms with Crippen molar-refractivity contribution < 1.29 is 9.59 Å². The number of nitrogens with one attached hydrogen (secondary N) is 1. The molecule has 0 spiro atoms. The molecule has 152 valence electrons. The number of para-hydroxylation sites is 1. The maximum atomic E-state index is 13.1. The van der Waals surface area contributed by atoms with Gasteiger partial charge in [-0.15, -0.1) is 0 Å². The lowest BCUT2D eigenvalue weighted by molar-refractivity contribution is -0.117. The Balaban J connectivity index is 1.37. The van der Waals surface area contributed by atoms with Crippen molar-refractivity contribution in [3.63, 3.8) is 0 Å². The molecule has 0 saturated heterocycles. The maximum Gasteiger partial charge on any atom is 0.255 e. The number of hydrogen-bond acceptors (Lipinski definition) is 5. The van der Waals surface area contributed by atoms with Gasteiger partial charge in [-0.1, -0.05) is 24.3 Å². The first-order valence-corrected chi connectivity index (χ1v) is 10.2. The zero-order valence-corrected chi connectivity index (χ0v) is 16.8. The summed E-state index contributed by atoms with van der Waals surface area (Å²) in [5.74, 6) is 1.09. The van der Waals surface area contributed by atoms with Gasteiger partial charge in [0.05, 0.1) is 35.6 Å². The first kappa shape index (κ1) is 18.5. The predicted molar refractivity (Wildman–Crippen MR) is 115 cm³/mol. The van der Waals surface area contributed by atoms with E-state index in [2.05, 4.69) is 15.3 Å². The second kappa shape index (κ2) is 7.40. The van der Waals surface area contributed by atoms with Crippen LogP contribution in [0.2, 0.25) is 0 Å². The molecule has 2 aliphatic rings. The van der Waals surface area contributed by atoms with Crippen molar-refractivity contribution in [2.75, 3.05) is 30.4 Å². The van der Waals surface area contributed by atoms with E-state index in [9.17, 15) is 9.59 Å². The normalized spacial score (nSPS) is 15.6. The van der Waals surface area contributed by atoms with E-state index in [1.54, 1.807) is 29.1 Å². The summed E-state index contributed by atoms with van der Waals surface area (Å²) >= 11 is 0. The number of carbonyl (C=O) groups excluding carboxylic acids is 2. The number of anilines is 2. The van der Waals surface area contributed by atoms with E-state index in [4.69, 9.17) is 0 Å². The number of amides is 2. The standard InChI is InChI=1S/C23H23N5O2/c1-27(14-18-9-8-16-4-2-3-5-19(16)26-18)23(30)17-10-20-22(24-11-17)25-12-21(29)28(20)13-15-6-7-15/h2-5,8-11,15H,6-7,12-14H2,1H3,(H,24,25). The van der Waals surface area contributed by atoms with E-state index in [-0.39, 0.29) is 18.4 Å². The second-order valence-electron chi connectivity index (χ2n) is 8.05. The first-order valence-electron chi connectivity index (χ1n) is 10.2. The van der Waals surface area contributed by atoms with Crippen LogP contribution in [0.3, 0.4) is 0 Å². The minimum atomic E-state index is -0.148. The van der Waals surface area contributed by atoms with Gasteiger partial charge in [0, 0.05) is 25.2 Å². The highest BCUT2D eigenvalue weighted by molar-refractivity contribution is 6.04. The Morgan fingerprint density at radius 2 is 2.07 bits per heavy atom. The number of rotatable bonds is 5. The van der Waals surface area contributed by atoms with Gasteiger partial charge in [0.15, 0.2) is 0 Å². The van der Waals surface area contributed by atoms with E-state index in [0.29, 0.717) is 36.1 Å². The molecule has 0 atom stereocenters. The van der Waals surface area contributed by atoms with Crippen LogP contribution in [0.5, 0.6) is 0 Å². The Kier molecular flexibility index (Phi) is 4.58. The molecule has 1 aromatic carbocycles. The Morgan fingerprint density at radius 3 is 2.90 bits per heavy atom. The molecule has 2 aromatic heterocycles. The molecule has 0 radical (unpaired) electrons. The summed E-state index contributed by atoms with van der Waals surface area (Å²) in [4.78, 5) is 37.9. The summed E-state index contributed by atoms with van der Waals surface area (Å²) < 4.78 is 0. The number of hydrogen-bond donors (Lipinski definition) is 1. The van der Waals surface area contributed by atoms with Gasteiger partial charge in [-0.05, 0) is 37.0 Å². The van der Waals surface area contributed by atoms with Crippen molar-refractivity contribution in [1.82, 2.24) is 14.9 Å². The van der Waals surface area contributed by atoms with Gasteiger partial charge in [0.1, 0.15) is 5.82 Å². The molecule has 1 aliphatic heterocycles. The van der Waals surface area contributed by atoms with Crippen LogP contribution >= 0.6 is 0 Å². The van der Waals surface area contributed by atoms with Gasteiger partial charge >= 0.3 is 0 Å². The molecule has 7 heteroatoms. The summed E-state index contributed by atoms with van der Waals surface area (Å²) in [5.41, 5.74) is 2.89. The lowest BCUT2D eigenvalue weighted by Gasteiger charge is -2.30. The lowest BCUT2D eigenvalue weighted by atomic mass is 10.1. The topological polar surface area (TPSA) is 78.4 Å². The highest BCUT2D eigenvalue weighted by atomic mass is 16.2. The minimum Gasteiger partial charge on any atom is -0.359 e. The molecule has 5 rings (SSSR count). The van der Waals surface area contributed by atoms with Crippen LogP contribution in [0.15, 0.2) is 48.7 Å². The number of pyridine rings is 2. The van der Waals surface area contributed by atoms with Crippen molar-refractivity contribution in [3.05, 3.63) is 59.9 Å². The highest BCUT2D eigenvalue weighted by Gasteiger charge is 2.32. The number of aromatic nitrogens is 2. The van der Waals surface area contributed by atoms with E-state index in [1.807, 2.05) is 36.4 Å². The van der Waals surface area contributed by atoms with Gasteiger partial charge < -0.3 is 15.1 Å². The summed E-state index contributed by atoms with van der Waals surface area (Å²) in [6.45, 7) is 1.33. The third-order valence-electron chi connectivity index (χ3n) is 5.65. The molecular formula is C23H23N5O2. The Bertz CT molecular complexity index is 1140. The van der Waals surface area contributed by atoms with Gasteiger partial charge in [-0.25, -0.2) is 4.98 Å². The van der Waals surface area contributed by atoms with Gasteiger partial charge in [-0.3, -0.25) is 14.6 Å². The van der Waals surface area contributed by atoms with Crippen molar-refractivity contribution in [1.29, 1.82) is 0 Å². The second-order valence-corrected chi connectivity index (χ2v) is 8.05. The Hall–Kier alpha value is -3.48. The molecule has 30 heavy (non-hydrogen) atoms. The smallest absolute Gasteiger partial charge is 0.255 e. The van der Waals surface area contributed by atoms with Crippen LogP contribution < -0.4 is 10.2 Å².